The number of benzene rings is 1. The summed E-state index contributed by atoms with van der Waals surface area (Å²) >= 11 is 0. The highest BCUT2D eigenvalue weighted by molar-refractivity contribution is 5.75. The van der Waals surface area contributed by atoms with E-state index in [0.29, 0.717) is 0 Å². The fourth-order valence-corrected chi connectivity index (χ4v) is 1.41. The van der Waals surface area contributed by atoms with Gasteiger partial charge in [-0.1, -0.05) is 12.1 Å². The molecule has 2 rings (SSSR count). The Balaban J connectivity index is 2.33. The molecule has 72 valence electrons. The van der Waals surface area contributed by atoms with Gasteiger partial charge in [-0.05, 0) is 24.6 Å². The first-order valence-electron chi connectivity index (χ1n) is 4.52. The quantitative estimate of drug-likeness (QED) is 0.633. The lowest BCUT2D eigenvalue weighted by Gasteiger charge is -2.10. The number of nitrogens with two attached hydrogens (primary N) is 1. The zero-order valence-corrected chi connectivity index (χ0v) is 8.04. The fraction of sp³-hybridized carbons (Fsp3) is 0.0909. The van der Waals surface area contributed by atoms with E-state index in [1.165, 1.54) is 0 Å². The van der Waals surface area contributed by atoms with E-state index >= 15 is 0 Å². The number of aromatic nitrogens is 1. The van der Waals surface area contributed by atoms with E-state index in [2.05, 4.69) is 10.3 Å². The highest BCUT2D eigenvalue weighted by Gasteiger charge is 2.02. The van der Waals surface area contributed by atoms with Crippen LogP contribution in [0, 0.1) is 6.92 Å². The SMILES string of the molecule is Cc1cccc(N)c1Nc1cc[nH]c1. The summed E-state index contributed by atoms with van der Waals surface area (Å²) in [5.74, 6) is 0. The van der Waals surface area contributed by atoms with E-state index in [4.69, 9.17) is 5.73 Å². The molecular formula is C11H13N3. The van der Waals surface area contributed by atoms with Gasteiger partial charge >= 0.3 is 0 Å². The third-order valence-electron chi connectivity index (χ3n) is 2.17. The molecule has 0 bridgehead atoms. The first kappa shape index (κ1) is 8.69. The minimum absolute atomic E-state index is 0.770. The number of para-hydroxylation sites is 1. The maximum absolute atomic E-state index is 5.87. The molecule has 1 aromatic carbocycles. The molecule has 0 saturated carbocycles. The number of aryl methyl sites for hydroxylation is 1. The van der Waals surface area contributed by atoms with Gasteiger partial charge in [0.1, 0.15) is 0 Å². The summed E-state index contributed by atoms with van der Waals surface area (Å²) < 4.78 is 0. The van der Waals surface area contributed by atoms with Crippen molar-refractivity contribution in [2.75, 3.05) is 11.1 Å². The predicted octanol–water partition coefficient (Wildman–Crippen LogP) is 2.65. The van der Waals surface area contributed by atoms with Crippen LogP contribution in [-0.2, 0) is 0 Å². The molecule has 3 nitrogen and oxygen atoms in total. The van der Waals surface area contributed by atoms with Gasteiger partial charge in [0, 0.05) is 12.4 Å². The van der Waals surface area contributed by atoms with Crippen molar-refractivity contribution in [1.82, 2.24) is 4.98 Å². The largest absolute Gasteiger partial charge is 0.397 e. The van der Waals surface area contributed by atoms with Crippen LogP contribution in [0.4, 0.5) is 17.1 Å². The summed E-state index contributed by atoms with van der Waals surface area (Å²) in [4.78, 5) is 2.99. The van der Waals surface area contributed by atoms with Gasteiger partial charge < -0.3 is 16.0 Å². The Morgan fingerprint density at radius 3 is 2.79 bits per heavy atom. The molecule has 0 spiro atoms. The molecule has 0 aliphatic heterocycles. The Kier molecular flexibility index (Phi) is 2.14. The van der Waals surface area contributed by atoms with E-state index in [9.17, 15) is 0 Å². The number of anilines is 3. The topological polar surface area (TPSA) is 53.8 Å². The molecule has 0 amide bonds. The van der Waals surface area contributed by atoms with Crippen molar-refractivity contribution in [3.8, 4) is 0 Å². The number of hydrogen-bond acceptors (Lipinski definition) is 2. The number of H-pyrrole nitrogens is 1. The molecule has 0 radical (unpaired) electrons. The van der Waals surface area contributed by atoms with E-state index in [1.807, 2.05) is 43.6 Å². The van der Waals surface area contributed by atoms with E-state index in [-0.39, 0.29) is 0 Å². The molecule has 0 aliphatic carbocycles. The molecular weight excluding hydrogens is 174 g/mol. The Labute approximate surface area is 83.0 Å². The Morgan fingerprint density at radius 2 is 2.14 bits per heavy atom. The van der Waals surface area contributed by atoms with Gasteiger partial charge in [0.15, 0.2) is 0 Å². The zero-order chi connectivity index (χ0) is 9.97. The minimum atomic E-state index is 0.770. The van der Waals surface area contributed by atoms with E-state index < -0.39 is 0 Å². The van der Waals surface area contributed by atoms with Crippen LogP contribution in [0.25, 0.3) is 0 Å². The zero-order valence-electron chi connectivity index (χ0n) is 8.04. The van der Waals surface area contributed by atoms with Gasteiger partial charge in [-0.2, -0.15) is 0 Å². The molecule has 1 aromatic heterocycles. The van der Waals surface area contributed by atoms with Crippen molar-refractivity contribution in [2.24, 2.45) is 0 Å². The van der Waals surface area contributed by atoms with Crippen LogP contribution in [0.1, 0.15) is 5.56 Å². The van der Waals surface area contributed by atoms with Crippen molar-refractivity contribution in [3.05, 3.63) is 42.2 Å². The van der Waals surface area contributed by atoms with Crippen molar-refractivity contribution < 1.29 is 0 Å². The fourth-order valence-electron chi connectivity index (χ4n) is 1.41. The molecule has 0 aliphatic rings. The lowest BCUT2D eigenvalue weighted by Crippen LogP contribution is -1.97. The summed E-state index contributed by atoms with van der Waals surface area (Å²) in [5, 5.41) is 3.26. The number of hydrogen-bond donors (Lipinski definition) is 3. The number of aromatic amines is 1. The van der Waals surface area contributed by atoms with Crippen molar-refractivity contribution >= 4 is 17.1 Å². The highest BCUT2D eigenvalue weighted by Crippen LogP contribution is 2.26. The van der Waals surface area contributed by atoms with Gasteiger partial charge in [0.25, 0.3) is 0 Å². The van der Waals surface area contributed by atoms with Crippen LogP contribution in [0.15, 0.2) is 36.7 Å². The molecule has 1 heterocycles. The number of rotatable bonds is 2. The first-order valence-corrected chi connectivity index (χ1v) is 4.52. The second-order valence-electron chi connectivity index (χ2n) is 3.26. The Morgan fingerprint density at radius 1 is 1.29 bits per heavy atom. The summed E-state index contributed by atoms with van der Waals surface area (Å²) in [6, 6.07) is 7.84. The molecule has 14 heavy (non-hydrogen) atoms. The van der Waals surface area contributed by atoms with Gasteiger partial charge in [-0.3, -0.25) is 0 Å². The molecule has 0 atom stereocenters. The van der Waals surface area contributed by atoms with Crippen LogP contribution < -0.4 is 11.1 Å². The number of nitrogens with one attached hydrogen (secondary N) is 2. The monoisotopic (exact) mass is 187 g/mol. The molecule has 3 heteroatoms. The third kappa shape index (κ3) is 1.57. The molecule has 4 N–H and O–H groups in total. The third-order valence-corrected chi connectivity index (χ3v) is 2.17. The molecule has 0 saturated heterocycles. The maximum atomic E-state index is 5.87. The first-order chi connectivity index (χ1) is 6.77. The second-order valence-corrected chi connectivity index (χ2v) is 3.26. The lowest BCUT2D eigenvalue weighted by molar-refractivity contribution is 1.40. The lowest BCUT2D eigenvalue weighted by atomic mass is 10.1. The average molecular weight is 187 g/mol. The van der Waals surface area contributed by atoms with Crippen LogP contribution >= 0.6 is 0 Å². The normalized spacial score (nSPS) is 10.1. The Bertz CT molecular complexity index is 398. The highest BCUT2D eigenvalue weighted by atomic mass is 14.9. The standard InChI is InChI=1S/C11H13N3/c1-8-3-2-4-10(12)11(8)14-9-5-6-13-7-9/h2-7,13-14H,12H2,1H3. The summed E-state index contributed by atoms with van der Waals surface area (Å²) in [6.45, 7) is 2.03. The van der Waals surface area contributed by atoms with E-state index in [0.717, 1.165) is 22.6 Å². The van der Waals surface area contributed by atoms with E-state index in [1.54, 1.807) is 0 Å². The Hall–Kier alpha value is -1.90. The summed E-state index contributed by atoms with van der Waals surface area (Å²) in [6.07, 6.45) is 3.77. The van der Waals surface area contributed by atoms with Crippen LogP contribution in [0.5, 0.6) is 0 Å². The van der Waals surface area contributed by atoms with Crippen molar-refractivity contribution in [3.63, 3.8) is 0 Å². The molecule has 0 unspecified atom stereocenters. The number of nitrogen functional groups attached to an aromatic ring is 1. The van der Waals surface area contributed by atoms with Gasteiger partial charge in [-0.15, -0.1) is 0 Å². The smallest absolute Gasteiger partial charge is 0.0648 e. The average Bonchev–Trinajstić information content (AvgIpc) is 2.64. The van der Waals surface area contributed by atoms with Gasteiger partial charge in [0.2, 0.25) is 0 Å². The molecule has 0 fully saturated rings. The second kappa shape index (κ2) is 3.46. The minimum Gasteiger partial charge on any atom is -0.397 e. The summed E-state index contributed by atoms with van der Waals surface area (Å²) in [7, 11) is 0. The van der Waals surface area contributed by atoms with Crippen LogP contribution in [0.2, 0.25) is 0 Å². The van der Waals surface area contributed by atoms with Crippen molar-refractivity contribution in [1.29, 1.82) is 0 Å². The van der Waals surface area contributed by atoms with Crippen LogP contribution in [-0.4, -0.2) is 4.98 Å². The van der Waals surface area contributed by atoms with Gasteiger partial charge in [-0.25, -0.2) is 0 Å². The maximum Gasteiger partial charge on any atom is 0.0648 e. The molecule has 2 aromatic rings. The predicted molar refractivity (Wildman–Crippen MR) is 59.7 cm³/mol. The summed E-state index contributed by atoms with van der Waals surface area (Å²) in [5.41, 5.74) is 9.78. The van der Waals surface area contributed by atoms with Crippen molar-refractivity contribution in [2.45, 2.75) is 6.92 Å². The van der Waals surface area contributed by atoms with Crippen LogP contribution in [0.3, 0.4) is 0 Å². The van der Waals surface area contributed by atoms with Gasteiger partial charge in [0.05, 0.1) is 17.1 Å².